The Kier molecular flexibility index (Phi) is 4.26. The average Bonchev–Trinajstić information content (AvgIpc) is 3.24. The first kappa shape index (κ1) is 16.5. The fourth-order valence-corrected chi connectivity index (χ4v) is 3.55. The molecule has 0 unspecified atom stereocenters. The largest absolute Gasteiger partial charge is 0.380 e. The van der Waals surface area contributed by atoms with Crippen LogP contribution in [0, 0.1) is 0 Å². The van der Waals surface area contributed by atoms with E-state index < -0.39 is 6.10 Å². The van der Waals surface area contributed by atoms with E-state index in [0.717, 1.165) is 12.1 Å². The SMILES string of the molecule is C[C@H]1Cc2ccccc2N1C(=O)Cn1cnnc1[C@H](O)c1ccccc1. The zero-order valence-corrected chi connectivity index (χ0v) is 14.5. The van der Waals surface area contributed by atoms with Crippen molar-refractivity contribution < 1.29 is 9.90 Å². The molecule has 0 aliphatic carbocycles. The molecular formula is C20H20N4O2. The molecule has 2 heterocycles. The lowest BCUT2D eigenvalue weighted by molar-refractivity contribution is -0.119. The Morgan fingerprint density at radius 1 is 1.19 bits per heavy atom. The van der Waals surface area contributed by atoms with E-state index in [1.807, 2.05) is 60.4 Å². The summed E-state index contributed by atoms with van der Waals surface area (Å²) in [5.41, 5.74) is 2.86. The van der Waals surface area contributed by atoms with Gasteiger partial charge in [-0.2, -0.15) is 0 Å². The minimum Gasteiger partial charge on any atom is -0.380 e. The summed E-state index contributed by atoms with van der Waals surface area (Å²) in [5.74, 6) is 0.327. The Balaban J connectivity index is 1.58. The number of rotatable bonds is 4. The van der Waals surface area contributed by atoms with Gasteiger partial charge in [-0.15, -0.1) is 10.2 Å². The molecule has 0 spiro atoms. The highest BCUT2D eigenvalue weighted by Crippen LogP contribution is 2.32. The number of aromatic nitrogens is 3. The van der Waals surface area contributed by atoms with Crippen LogP contribution in [0.1, 0.15) is 30.0 Å². The van der Waals surface area contributed by atoms with Gasteiger partial charge < -0.3 is 14.6 Å². The summed E-state index contributed by atoms with van der Waals surface area (Å²) in [4.78, 5) is 14.8. The summed E-state index contributed by atoms with van der Waals surface area (Å²) in [5, 5.41) is 18.5. The second-order valence-corrected chi connectivity index (χ2v) is 6.58. The maximum Gasteiger partial charge on any atom is 0.247 e. The second-order valence-electron chi connectivity index (χ2n) is 6.58. The van der Waals surface area contributed by atoms with Crippen LogP contribution in [0.25, 0.3) is 0 Å². The van der Waals surface area contributed by atoms with Gasteiger partial charge in [0.25, 0.3) is 0 Å². The number of para-hydroxylation sites is 1. The lowest BCUT2D eigenvalue weighted by atomic mass is 10.1. The molecule has 0 fully saturated rings. The third-order valence-electron chi connectivity index (χ3n) is 4.79. The maximum atomic E-state index is 13.0. The van der Waals surface area contributed by atoms with Crippen LogP contribution in [-0.2, 0) is 17.8 Å². The maximum absolute atomic E-state index is 13.0. The van der Waals surface area contributed by atoms with E-state index in [4.69, 9.17) is 0 Å². The molecule has 2 atom stereocenters. The average molecular weight is 348 g/mol. The third kappa shape index (κ3) is 2.88. The number of carbonyl (C=O) groups excluding carboxylic acids is 1. The molecule has 0 radical (unpaired) electrons. The predicted octanol–water partition coefficient (Wildman–Crippen LogP) is 2.34. The fraction of sp³-hybridized carbons (Fsp3) is 0.250. The third-order valence-corrected chi connectivity index (χ3v) is 4.79. The van der Waals surface area contributed by atoms with Crippen molar-refractivity contribution in [2.45, 2.75) is 32.0 Å². The lowest BCUT2D eigenvalue weighted by Crippen LogP contribution is -2.38. The van der Waals surface area contributed by atoms with Crippen molar-refractivity contribution >= 4 is 11.6 Å². The van der Waals surface area contributed by atoms with Gasteiger partial charge in [0.05, 0.1) is 0 Å². The number of hydrogen-bond acceptors (Lipinski definition) is 4. The molecule has 4 rings (SSSR count). The van der Waals surface area contributed by atoms with E-state index in [0.29, 0.717) is 11.4 Å². The Bertz CT molecular complexity index is 922. The molecule has 1 aliphatic heterocycles. The highest BCUT2D eigenvalue weighted by molar-refractivity contribution is 5.96. The Morgan fingerprint density at radius 3 is 2.73 bits per heavy atom. The van der Waals surface area contributed by atoms with E-state index in [9.17, 15) is 9.90 Å². The molecular weight excluding hydrogens is 328 g/mol. The zero-order chi connectivity index (χ0) is 18.1. The summed E-state index contributed by atoms with van der Waals surface area (Å²) in [6.07, 6.45) is 1.42. The summed E-state index contributed by atoms with van der Waals surface area (Å²) in [7, 11) is 0. The number of amides is 1. The van der Waals surface area contributed by atoms with E-state index in [-0.39, 0.29) is 18.5 Å². The van der Waals surface area contributed by atoms with Crippen LogP contribution in [0.5, 0.6) is 0 Å². The van der Waals surface area contributed by atoms with Gasteiger partial charge in [0.15, 0.2) is 5.82 Å². The van der Waals surface area contributed by atoms with Crippen LogP contribution >= 0.6 is 0 Å². The van der Waals surface area contributed by atoms with Crippen molar-refractivity contribution in [1.82, 2.24) is 14.8 Å². The number of carbonyl (C=O) groups is 1. The molecule has 26 heavy (non-hydrogen) atoms. The molecule has 1 amide bonds. The first-order chi connectivity index (χ1) is 12.6. The molecule has 1 N–H and O–H groups in total. The number of benzene rings is 2. The monoisotopic (exact) mass is 348 g/mol. The number of fused-ring (bicyclic) bond motifs is 1. The van der Waals surface area contributed by atoms with Gasteiger partial charge in [-0.1, -0.05) is 48.5 Å². The lowest BCUT2D eigenvalue weighted by Gasteiger charge is -2.23. The first-order valence-corrected chi connectivity index (χ1v) is 8.66. The summed E-state index contributed by atoms with van der Waals surface area (Å²) >= 11 is 0. The van der Waals surface area contributed by atoms with Crippen LogP contribution < -0.4 is 4.90 Å². The quantitative estimate of drug-likeness (QED) is 0.786. The highest BCUT2D eigenvalue weighted by Gasteiger charge is 2.31. The van der Waals surface area contributed by atoms with Crippen LogP contribution in [0.2, 0.25) is 0 Å². The van der Waals surface area contributed by atoms with Crippen LogP contribution in [-0.4, -0.2) is 31.8 Å². The molecule has 1 aliphatic rings. The standard InChI is InChI=1S/C20H20N4O2/c1-14-11-16-9-5-6-10-17(16)24(14)18(25)12-23-13-21-22-20(23)19(26)15-7-3-2-4-8-15/h2-10,13-14,19,26H,11-12H2,1H3/t14-,19+/m0/s1. The van der Waals surface area contributed by atoms with Gasteiger partial charge in [0.1, 0.15) is 19.0 Å². The van der Waals surface area contributed by atoms with Gasteiger partial charge >= 0.3 is 0 Å². The second kappa shape index (κ2) is 6.72. The Labute approximate surface area is 151 Å². The zero-order valence-electron chi connectivity index (χ0n) is 14.5. The van der Waals surface area contributed by atoms with E-state index in [1.165, 1.54) is 11.9 Å². The fourth-order valence-electron chi connectivity index (χ4n) is 3.55. The van der Waals surface area contributed by atoms with Crippen molar-refractivity contribution in [1.29, 1.82) is 0 Å². The van der Waals surface area contributed by atoms with Gasteiger partial charge in [-0.3, -0.25) is 4.79 Å². The van der Waals surface area contributed by atoms with Gasteiger partial charge in [-0.05, 0) is 30.5 Å². The predicted molar refractivity (Wildman–Crippen MR) is 97.6 cm³/mol. The van der Waals surface area contributed by atoms with Crippen molar-refractivity contribution in [2.75, 3.05) is 4.90 Å². The Hall–Kier alpha value is -2.99. The van der Waals surface area contributed by atoms with E-state index in [2.05, 4.69) is 16.3 Å². The van der Waals surface area contributed by atoms with Gasteiger partial charge in [-0.25, -0.2) is 0 Å². The van der Waals surface area contributed by atoms with Crippen molar-refractivity contribution in [3.63, 3.8) is 0 Å². The molecule has 0 bridgehead atoms. The van der Waals surface area contributed by atoms with Gasteiger partial charge in [0, 0.05) is 11.7 Å². The summed E-state index contributed by atoms with van der Waals surface area (Å²) in [6.45, 7) is 2.13. The number of aliphatic hydroxyl groups is 1. The molecule has 2 aromatic carbocycles. The highest BCUT2D eigenvalue weighted by atomic mass is 16.3. The van der Waals surface area contributed by atoms with Crippen molar-refractivity contribution in [3.05, 3.63) is 77.9 Å². The van der Waals surface area contributed by atoms with Crippen molar-refractivity contribution in [3.8, 4) is 0 Å². The van der Waals surface area contributed by atoms with E-state index >= 15 is 0 Å². The van der Waals surface area contributed by atoms with Crippen molar-refractivity contribution in [2.24, 2.45) is 0 Å². The van der Waals surface area contributed by atoms with Crippen LogP contribution in [0.3, 0.4) is 0 Å². The molecule has 3 aromatic rings. The van der Waals surface area contributed by atoms with Crippen LogP contribution in [0.4, 0.5) is 5.69 Å². The molecule has 6 nitrogen and oxygen atoms in total. The normalized spacial score (nSPS) is 17.2. The van der Waals surface area contributed by atoms with Crippen LogP contribution in [0.15, 0.2) is 60.9 Å². The number of hydrogen-bond donors (Lipinski definition) is 1. The smallest absolute Gasteiger partial charge is 0.247 e. The van der Waals surface area contributed by atoms with E-state index in [1.54, 1.807) is 4.57 Å². The first-order valence-electron chi connectivity index (χ1n) is 8.66. The number of aliphatic hydroxyl groups excluding tert-OH is 1. The molecule has 1 aromatic heterocycles. The molecule has 0 saturated heterocycles. The minimum atomic E-state index is -0.921. The minimum absolute atomic E-state index is 0.0382. The summed E-state index contributed by atoms with van der Waals surface area (Å²) < 4.78 is 1.62. The number of anilines is 1. The Morgan fingerprint density at radius 2 is 1.92 bits per heavy atom. The van der Waals surface area contributed by atoms with Gasteiger partial charge in [0.2, 0.25) is 5.91 Å². The molecule has 6 heteroatoms. The summed E-state index contributed by atoms with van der Waals surface area (Å²) in [6, 6.07) is 17.3. The molecule has 0 saturated carbocycles. The number of nitrogens with zero attached hydrogens (tertiary/aromatic N) is 4. The molecule has 132 valence electrons. The topological polar surface area (TPSA) is 71.2 Å².